The van der Waals surface area contributed by atoms with Crippen molar-refractivity contribution in [1.82, 2.24) is 4.98 Å². The molecule has 76 valence electrons. The predicted octanol–water partition coefficient (Wildman–Crippen LogP) is 4.03. The zero-order valence-electron chi connectivity index (χ0n) is 7.65. The fourth-order valence-corrected chi connectivity index (χ4v) is 2.00. The van der Waals surface area contributed by atoms with E-state index in [4.69, 9.17) is 11.6 Å². The molecule has 0 saturated heterocycles. The molecule has 0 N–H and O–H groups in total. The number of nitrogens with zero attached hydrogens (tertiary/aromatic N) is 1. The first-order valence-electron chi connectivity index (χ1n) is 4.29. The summed E-state index contributed by atoms with van der Waals surface area (Å²) in [7, 11) is 0. The third-order valence-electron chi connectivity index (χ3n) is 1.76. The number of rotatable bonds is 2. The quantitative estimate of drug-likeness (QED) is 0.734. The molecule has 0 radical (unpaired) electrons. The second-order valence-corrected chi connectivity index (χ2v) is 4.35. The van der Waals surface area contributed by atoms with E-state index in [0.29, 0.717) is 10.0 Å². The van der Waals surface area contributed by atoms with Gasteiger partial charge in [0.05, 0.1) is 0 Å². The molecule has 0 unspecified atom stereocenters. The minimum Gasteiger partial charge on any atom is -0.243 e. The molecular weight excluding hydrogens is 233 g/mol. The molecule has 1 nitrogen and oxygen atoms in total. The van der Waals surface area contributed by atoms with Crippen LogP contribution < -0.4 is 0 Å². The van der Waals surface area contributed by atoms with Crippen molar-refractivity contribution in [2.45, 2.75) is 9.79 Å². The fraction of sp³-hybridized carbons (Fsp3) is 0. The molecule has 1 aromatic heterocycles. The van der Waals surface area contributed by atoms with Crippen LogP contribution in [0.25, 0.3) is 0 Å². The Morgan fingerprint density at radius 1 is 1.13 bits per heavy atom. The van der Waals surface area contributed by atoms with Crippen LogP contribution in [0, 0.1) is 5.82 Å². The number of aromatic nitrogens is 1. The van der Waals surface area contributed by atoms with E-state index in [2.05, 4.69) is 4.98 Å². The number of benzene rings is 1. The summed E-state index contributed by atoms with van der Waals surface area (Å²) in [6.07, 6.45) is 1.62. The van der Waals surface area contributed by atoms with Gasteiger partial charge in [-0.2, -0.15) is 0 Å². The summed E-state index contributed by atoms with van der Waals surface area (Å²) in [5.74, 6) is -0.225. The summed E-state index contributed by atoms with van der Waals surface area (Å²) in [5.41, 5.74) is 0. The molecule has 1 heterocycles. The molecule has 2 rings (SSSR count). The lowest BCUT2D eigenvalue weighted by Gasteiger charge is -2.01. The zero-order chi connectivity index (χ0) is 10.7. The lowest BCUT2D eigenvalue weighted by Crippen LogP contribution is -1.81. The van der Waals surface area contributed by atoms with E-state index in [-0.39, 0.29) is 5.82 Å². The van der Waals surface area contributed by atoms with Crippen molar-refractivity contribution >= 4 is 23.4 Å². The lowest BCUT2D eigenvalue weighted by atomic mass is 10.3. The van der Waals surface area contributed by atoms with Crippen LogP contribution in [0.15, 0.2) is 52.4 Å². The van der Waals surface area contributed by atoms with E-state index in [9.17, 15) is 4.39 Å². The predicted molar refractivity (Wildman–Crippen MR) is 59.8 cm³/mol. The van der Waals surface area contributed by atoms with Crippen LogP contribution in [-0.4, -0.2) is 4.98 Å². The van der Waals surface area contributed by atoms with E-state index in [1.807, 2.05) is 6.07 Å². The zero-order valence-corrected chi connectivity index (χ0v) is 9.23. The van der Waals surface area contributed by atoms with E-state index in [1.165, 1.54) is 17.8 Å². The van der Waals surface area contributed by atoms with Gasteiger partial charge in [0.1, 0.15) is 11.0 Å². The van der Waals surface area contributed by atoms with Gasteiger partial charge < -0.3 is 0 Å². The van der Waals surface area contributed by atoms with Gasteiger partial charge in [-0.05, 0) is 24.3 Å². The molecule has 1 aromatic carbocycles. The SMILES string of the molecule is Fc1ccccc1Sc1ccc(Cl)nc1. The van der Waals surface area contributed by atoms with Crippen LogP contribution in [0.4, 0.5) is 4.39 Å². The molecule has 0 bridgehead atoms. The topological polar surface area (TPSA) is 12.9 Å². The monoisotopic (exact) mass is 239 g/mol. The molecule has 0 aliphatic carbocycles. The van der Waals surface area contributed by atoms with Crippen LogP contribution in [0.1, 0.15) is 0 Å². The molecule has 2 aromatic rings. The summed E-state index contributed by atoms with van der Waals surface area (Å²) in [4.78, 5) is 5.38. The van der Waals surface area contributed by atoms with Crippen molar-refractivity contribution in [2.75, 3.05) is 0 Å². The van der Waals surface area contributed by atoms with Gasteiger partial charge in [-0.3, -0.25) is 0 Å². The Bertz CT molecular complexity index is 458. The molecule has 0 fully saturated rings. The Kier molecular flexibility index (Phi) is 3.23. The van der Waals surface area contributed by atoms with E-state index < -0.39 is 0 Å². The maximum Gasteiger partial charge on any atom is 0.137 e. The number of pyridine rings is 1. The Labute approximate surface area is 96.3 Å². The molecule has 0 aliphatic rings. The minimum atomic E-state index is -0.225. The van der Waals surface area contributed by atoms with Gasteiger partial charge in [0, 0.05) is 16.0 Å². The first kappa shape index (κ1) is 10.5. The highest BCUT2D eigenvalue weighted by atomic mass is 35.5. The Hall–Kier alpha value is -1.06. The van der Waals surface area contributed by atoms with Crippen molar-refractivity contribution in [3.05, 3.63) is 53.6 Å². The maximum absolute atomic E-state index is 13.3. The molecular formula is C11H7ClFNS. The standard InChI is InChI=1S/C11H7ClFNS/c12-11-6-5-8(7-14-11)15-10-4-2-1-3-9(10)13/h1-7H. The maximum atomic E-state index is 13.3. The van der Waals surface area contributed by atoms with Gasteiger partial charge in [0.25, 0.3) is 0 Å². The highest BCUT2D eigenvalue weighted by Crippen LogP contribution is 2.29. The average molecular weight is 240 g/mol. The second kappa shape index (κ2) is 4.64. The van der Waals surface area contributed by atoms with Gasteiger partial charge in [-0.1, -0.05) is 35.5 Å². The molecule has 0 saturated carbocycles. The van der Waals surface area contributed by atoms with Gasteiger partial charge >= 0.3 is 0 Å². The first-order chi connectivity index (χ1) is 7.25. The summed E-state index contributed by atoms with van der Waals surface area (Å²) in [5, 5.41) is 0.438. The van der Waals surface area contributed by atoms with E-state index in [1.54, 1.807) is 30.5 Å². The van der Waals surface area contributed by atoms with Gasteiger partial charge in [-0.25, -0.2) is 9.37 Å². The van der Waals surface area contributed by atoms with Crippen LogP contribution in [0.5, 0.6) is 0 Å². The number of hydrogen-bond acceptors (Lipinski definition) is 2. The molecule has 0 amide bonds. The summed E-state index contributed by atoms with van der Waals surface area (Å²) >= 11 is 6.98. The van der Waals surface area contributed by atoms with Crippen LogP contribution in [0.3, 0.4) is 0 Å². The van der Waals surface area contributed by atoms with E-state index in [0.717, 1.165) is 4.90 Å². The first-order valence-corrected chi connectivity index (χ1v) is 5.49. The van der Waals surface area contributed by atoms with Crippen LogP contribution in [0.2, 0.25) is 5.15 Å². The Morgan fingerprint density at radius 3 is 2.60 bits per heavy atom. The largest absolute Gasteiger partial charge is 0.243 e. The van der Waals surface area contributed by atoms with Crippen LogP contribution >= 0.6 is 23.4 Å². The molecule has 0 atom stereocenters. The van der Waals surface area contributed by atoms with Gasteiger partial charge in [-0.15, -0.1) is 0 Å². The van der Waals surface area contributed by atoms with Crippen molar-refractivity contribution in [3.8, 4) is 0 Å². The van der Waals surface area contributed by atoms with Crippen LogP contribution in [-0.2, 0) is 0 Å². The second-order valence-electron chi connectivity index (χ2n) is 2.85. The average Bonchev–Trinajstić information content (AvgIpc) is 2.25. The van der Waals surface area contributed by atoms with Crippen molar-refractivity contribution in [2.24, 2.45) is 0 Å². The molecule has 15 heavy (non-hydrogen) atoms. The molecule has 0 spiro atoms. The highest BCUT2D eigenvalue weighted by molar-refractivity contribution is 7.99. The molecule has 4 heteroatoms. The smallest absolute Gasteiger partial charge is 0.137 e. The highest BCUT2D eigenvalue weighted by Gasteiger charge is 2.02. The van der Waals surface area contributed by atoms with Crippen molar-refractivity contribution < 1.29 is 4.39 Å². The van der Waals surface area contributed by atoms with Crippen molar-refractivity contribution in [1.29, 1.82) is 0 Å². The fourth-order valence-electron chi connectivity index (χ4n) is 1.08. The third-order valence-corrected chi connectivity index (χ3v) is 3.02. The third kappa shape index (κ3) is 2.70. The van der Waals surface area contributed by atoms with Crippen molar-refractivity contribution in [3.63, 3.8) is 0 Å². The summed E-state index contributed by atoms with van der Waals surface area (Å²) in [6.45, 7) is 0. The van der Waals surface area contributed by atoms with Gasteiger partial charge in [0.15, 0.2) is 0 Å². The van der Waals surface area contributed by atoms with E-state index >= 15 is 0 Å². The summed E-state index contributed by atoms with van der Waals surface area (Å²) in [6, 6.07) is 10.1. The molecule has 0 aliphatic heterocycles. The lowest BCUT2D eigenvalue weighted by molar-refractivity contribution is 0.602. The minimum absolute atomic E-state index is 0.225. The normalized spacial score (nSPS) is 10.3. The van der Waals surface area contributed by atoms with Gasteiger partial charge in [0.2, 0.25) is 0 Å². The summed E-state index contributed by atoms with van der Waals surface area (Å²) < 4.78 is 13.3. The Balaban J connectivity index is 2.22. The number of hydrogen-bond donors (Lipinski definition) is 0. The Morgan fingerprint density at radius 2 is 1.93 bits per heavy atom. The number of halogens is 2.